The Hall–Kier alpha value is -0.660. The molecule has 0 N–H and O–H groups in total. The molecule has 0 saturated heterocycles. The number of hydrogen-bond donors (Lipinski definition) is 0. The quantitative estimate of drug-likeness (QED) is 0.0690. The number of unbranched alkanes of at least 4 members (excludes halogenated alkanes) is 28. The summed E-state index contributed by atoms with van der Waals surface area (Å²) in [6.45, 7) is 9.48. The van der Waals surface area contributed by atoms with Crippen LogP contribution < -0.4 is 0 Å². The molecular weight excluding hydrogens is 508 g/mol. The third kappa shape index (κ3) is 23.8. The van der Waals surface area contributed by atoms with Crippen LogP contribution in [-0.2, 0) is 0 Å². The van der Waals surface area contributed by atoms with Crippen molar-refractivity contribution in [3.05, 3.63) is 12.4 Å². The molecule has 0 aliphatic carbocycles. The van der Waals surface area contributed by atoms with E-state index in [0.29, 0.717) is 6.17 Å². The van der Waals surface area contributed by atoms with Crippen LogP contribution in [0.25, 0.3) is 0 Å². The first-order chi connectivity index (χ1) is 20.8. The highest BCUT2D eigenvalue weighted by atomic mass is 15.4. The second-order valence-corrected chi connectivity index (χ2v) is 13.9. The molecule has 0 radical (unpaired) electrons. The molecule has 0 amide bonds. The van der Waals surface area contributed by atoms with Gasteiger partial charge in [0.15, 0.2) is 0 Å². The fraction of sp³-hybridized carbons (Fsp3) is 0.950. The van der Waals surface area contributed by atoms with E-state index in [9.17, 15) is 0 Å². The van der Waals surface area contributed by atoms with Gasteiger partial charge in [0.25, 0.3) is 0 Å². The third-order valence-electron chi connectivity index (χ3n) is 9.82. The molecule has 1 rings (SSSR count). The standard InChI is InChI=1S/C40H80N2/c1-4-7-10-13-16-18-20-22-24-26-28-31-34-37-42-39-38-41(40(42)35-32-29-15-12-9-6-3)36-33-30-27-25-23-21-19-17-14-11-8-5-2/h38-40H,4-37H2,1-3H3. The average molecular weight is 589 g/mol. The minimum absolute atomic E-state index is 0.640. The Kier molecular flexibility index (Phi) is 29.8. The van der Waals surface area contributed by atoms with E-state index in [1.807, 2.05) is 0 Å². The molecule has 250 valence electrons. The van der Waals surface area contributed by atoms with Gasteiger partial charge in [0, 0.05) is 25.5 Å². The fourth-order valence-electron chi connectivity index (χ4n) is 6.89. The lowest BCUT2D eigenvalue weighted by molar-refractivity contribution is 0.135. The van der Waals surface area contributed by atoms with Gasteiger partial charge in [-0.1, -0.05) is 201 Å². The maximum Gasteiger partial charge on any atom is 0.101 e. The zero-order chi connectivity index (χ0) is 30.2. The topological polar surface area (TPSA) is 6.48 Å². The highest BCUT2D eigenvalue weighted by molar-refractivity contribution is 4.97. The Balaban J connectivity index is 2.16. The summed E-state index contributed by atoms with van der Waals surface area (Å²) in [6, 6.07) is 0. The van der Waals surface area contributed by atoms with Gasteiger partial charge in [0.05, 0.1) is 0 Å². The van der Waals surface area contributed by atoms with Crippen LogP contribution >= 0.6 is 0 Å². The maximum atomic E-state index is 2.71. The van der Waals surface area contributed by atoms with Crippen LogP contribution in [0.15, 0.2) is 12.4 Å². The van der Waals surface area contributed by atoms with Crippen LogP contribution in [0, 0.1) is 0 Å². The third-order valence-corrected chi connectivity index (χ3v) is 9.82. The summed E-state index contributed by atoms with van der Waals surface area (Å²) in [6.07, 6.45) is 51.4. The molecule has 2 heteroatoms. The molecule has 1 aliphatic heterocycles. The fourth-order valence-corrected chi connectivity index (χ4v) is 6.89. The van der Waals surface area contributed by atoms with Gasteiger partial charge in [-0.25, -0.2) is 0 Å². The summed E-state index contributed by atoms with van der Waals surface area (Å²) in [5, 5.41) is 0. The first-order valence-corrected chi connectivity index (χ1v) is 20.0. The van der Waals surface area contributed by atoms with E-state index in [-0.39, 0.29) is 0 Å². The zero-order valence-electron chi connectivity index (χ0n) is 29.7. The molecule has 0 spiro atoms. The molecule has 0 fully saturated rings. The number of rotatable bonds is 34. The van der Waals surface area contributed by atoms with E-state index in [0.717, 1.165) is 0 Å². The highest BCUT2D eigenvalue weighted by Crippen LogP contribution is 2.24. The van der Waals surface area contributed by atoms with Gasteiger partial charge in [-0.3, -0.25) is 0 Å². The van der Waals surface area contributed by atoms with Crippen LogP contribution in [0.4, 0.5) is 0 Å². The molecule has 2 nitrogen and oxygen atoms in total. The first kappa shape index (κ1) is 39.4. The van der Waals surface area contributed by atoms with Crippen molar-refractivity contribution in [2.45, 2.75) is 232 Å². The minimum Gasteiger partial charge on any atom is -0.356 e. The molecule has 1 atom stereocenters. The molecule has 0 aromatic heterocycles. The minimum atomic E-state index is 0.640. The number of hydrogen-bond acceptors (Lipinski definition) is 2. The smallest absolute Gasteiger partial charge is 0.101 e. The first-order valence-electron chi connectivity index (χ1n) is 20.0. The zero-order valence-corrected chi connectivity index (χ0v) is 29.7. The summed E-state index contributed by atoms with van der Waals surface area (Å²) < 4.78 is 0. The van der Waals surface area contributed by atoms with Crippen molar-refractivity contribution < 1.29 is 0 Å². The number of nitrogens with zero attached hydrogens (tertiary/aromatic N) is 2. The van der Waals surface area contributed by atoms with Gasteiger partial charge < -0.3 is 9.80 Å². The predicted octanol–water partition coefficient (Wildman–Crippen LogP) is 13.9. The second kappa shape index (κ2) is 31.8. The molecular formula is C40H80N2. The van der Waals surface area contributed by atoms with Crippen LogP contribution in [0.3, 0.4) is 0 Å². The van der Waals surface area contributed by atoms with Crippen LogP contribution in [0.2, 0.25) is 0 Å². The molecule has 0 aromatic rings. The Labute approximate surface area is 267 Å². The summed E-state index contributed by atoms with van der Waals surface area (Å²) in [4.78, 5) is 5.43. The Morgan fingerprint density at radius 2 is 0.548 bits per heavy atom. The van der Waals surface area contributed by atoms with Crippen molar-refractivity contribution in [1.29, 1.82) is 0 Å². The van der Waals surface area contributed by atoms with E-state index < -0.39 is 0 Å². The average Bonchev–Trinajstić information content (AvgIpc) is 3.38. The van der Waals surface area contributed by atoms with Crippen LogP contribution in [0.1, 0.15) is 226 Å². The summed E-state index contributed by atoms with van der Waals surface area (Å²) in [5.74, 6) is 0. The summed E-state index contributed by atoms with van der Waals surface area (Å²) >= 11 is 0. The summed E-state index contributed by atoms with van der Waals surface area (Å²) in [5.41, 5.74) is 0. The second-order valence-electron chi connectivity index (χ2n) is 13.9. The lowest BCUT2D eigenvalue weighted by Crippen LogP contribution is -2.39. The van der Waals surface area contributed by atoms with Gasteiger partial charge in [0.1, 0.15) is 6.17 Å². The van der Waals surface area contributed by atoms with Crippen LogP contribution in [-0.4, -0.2) is 29.1 Å². The van der Waals surface area contributed by atoms with Gasteiger partial charge in [-0.2, -0.15) is 0 Å². The van der Waals surface area contributed by atoms with Gasteiger partial charge >= 0.3 is 0 Å². The van der Waals surface area contributed by atoms with Crippen molar-refractivity contribution in [3.8, 4) is 0 Å². The van der Waals surface area contributed by atoms with Gasteiger partial charge in [0.2, 0.25) is 0 Å². The maximum absolute atomic E-state index is 2.71. The lowest BCUT2D eigenvalue weighted by Gasteiger charge is -2.33. The van der Waals surface area contributed by atoms with Crippen molar-refractivity contribution in [3.63, 3.8) is 0 Å². The van der Waals surface area contributed by atoms with Crippen molar-refractivity contribution >= 4 is 0 Å². The summed E-state index contributed by atoms with van der Waals surface area (Å²) in [7, 11) is 0. The van der Waals surface area contributed by atoms with Gasteiger partial charge in [-0.15, -0.1) is 0 Å². The van der Waals surface area contributed by atoms with E-state index in [1.165, 1.54) is 219 Å². The molecule has 1 heterocycles. The Morgan fingerprint density at radius 1 is 0.310 bits per heavy atom. The van der Waals surface area contributed by atoms with E-state index in [2.05, 4.69) is 43.0 Å². The van der Waals surface area contributed by atoms with Crippen molar-refractivity contribution in [2.24, 2.45) is 0 Å². The van der Waals surface area contributed by atoms with E-state index >= 15 is 0 Å². The monoisotopic (exact) mass is 589 g/mol. The van der Waals surface area contributed by atoms with E-state index in [4.69, 9.17) is 0 Å². The Bertz CT molecular complexity index is 544. The molecule has 0 aromatic carbocycles. The van der Waals surface area contributed by atoms with Gasteiger partial charge in [-0.05, 0) is 25.7 Å². The molecule has 0 saturated carbocycles. The Morgan fingerprint density at radius 3 is 0.833 bits per heavy atom. The lowest BCUT2D eigenvalue weighted by atomic mass is 10.0. The normalized spacial score (nSPS) is 15.0. The highest BCUT2D eigenvalue weighted by Gasteiger charge is 2.24. The molecule has 1 unspecified atom stereocenters. The van der Waals surface area contributed by atoms with Crippen molar-refractivity contribution in [1.82, 2.24) is 9.80 Å². The molecule has 42 heavy (non-hydrogen) atoms. The molecule has 1 aliphatic rings. The van der Waals surface area contributed by atoms with Crippen molar-refractivity contribution in [2.75, 3.05) is 13.1 Å². The van der Waals surface area contributed by atoms with E-state index in [1.54, 1.807) is 0 Å². The largest absolute Gasteiger partial charge is 0.356 e. The van der Waals surface area contributed by atoms with Crippen LogP contribution in [0.5, 0.6) is 0 Å². The predicted molar refractivity (Wildman–Crippen MR) is 191 cm³/mol. The SMILES string of the molecule is CCCCCCCCCCCCCCCN1C=CN(CCCCCCCCCCCCCC)C1CCCCCCCC. The molecule has 0 bridgehead atoms.